The predicted octanol–water partition coefficient (Wildman–Crippen LogP) is 3.54. The van der Waals surface area contributed by atoms with Crippen molar-refractivity contribution in [1.29, 1.82) is 0 Å². The minimum atomic E-state index is -1.02. The van der Waals surface area contributed by atoms with Crippen LogP contribution in [0.25, 0.3) is 11.4 Å². The lowest BCUT2D eigenvalue weighted by Gasteiger charge is -2.29. The van der Waals surface area contributed by atoms with Crippen molar-refractivity contribution in [2.24, 2.45) is 0 Å². The minimum Gasteiger partial charge on any atom is -0.493 e. The second kappa shape index (κ2) is 8.43. The molecule has 27 heavy (non-hydrogen) atoms. The van der Waals surface area contributed by atoms with Gasteiger partial charge in [0.15, 0.2) is 17.6 Å². The highest BCUT2D eigenvalue weighted by molar-refractivity contribution is 5.72. The predicted molar refractivity (Wildman–Crippen MR) is 100 cm³/mol. The Bertz CT molecular complexity index is 780. The van der Waals surface area contributed by atoms with Gasteiger partial charge in [0.25, 0.3) is 0 Å². The lowest BCUT2D eigenvalue weighted by molar-refractivity contribution is -0.144. The highest BCUT2D eigenvalue weighted by atomic mass is 16.5. The van der Waals surface area contributed by atoms with Gasteiger partial charge in [0.2, 0.25) is 0 Å². The van der Waals surface area contributed by atoms with Crippen LogP contribution >= 0.6 is 0 Å². The van der Waals surface area contributed by atoms with E-state index in [-0.39, 0.29) is 0 Å². The number of methoxy groups -OCH3 is 2. The van der Waals surface area contributed by atoms with Crippen molar-refractivity contribution in [3.05, 3.63) is 30.6 Å². The normalized spacial score (nSPS) is 20.9. The monoisotopic (exact) mass is 374 g/mol. The summed E-state index contributed by atoms with van der Waals surface area (Å²) >= 11 is 0. The van der Waals surface area contributed by atoms with Crippen molar-refractivity contribution in [3.8, 4) is 22.9 Å². The largest absolute Gasteiger partial charge is 0.493 e. The first-order valence-corrected chi connectivity index (χ1v) is 9.17. The Kier molecular flexibility index (Phi) is 6.01. The van der Waals surface area contributed by atoms with Gasteiger partial charge in [0.1, 0.15) is 5.82 Å². The highest BCUT2D eigenvalue weighted by Gasteiger charge is 2.24. The zero-order valence-electron chi connectivity index (χ0n) is 15.9. The first kappa shape index (κ1) is 19.2. The maximum atomic E-state index is 11.0. The molecule has 1 aliphatic rings. The fourth-order valence-electron chi connectivity index (χ4n) is 3.54. The van der Waals surface area contributed by atoms with Crippen molar-refractivity contribution in [3.63, 3.8) is 0 Å². The smallest absolute Gasteiger partial charge is 0.344 e. The minimum absolute atomic E-state index is 0.348. The van der Waals surface area contributed by atoms with Gasteiger partial charge in [-0.1, -0.05) is 0 Å². The lowest BCUT2D eigenvalue weighted by Crippen LogP contribution is -2.23. The van der Waals surface area contributed by atoms with Crippen LogP contribution in [0.1, 0.15) is 38.6 Å². The number of aliphatic carboxylic acids is 1. The molecule has 146 valence electrons. The van der Waals surface area contributed by atoms with Crippen molar-refractivity contribution < 1.29 is 24.1 Å². The van der Waals surface area contributed by atoms with E-state index in [1.807, 2.05) is 18.3 Å². The SMILES string of the molecule is COc1cc(-c2nccn2C2CCC(OC)CC2)ccc1OC(C)C(=O)O. The molecule has 0 aliphatic heterocycles. The third kappa shape index (κ3) is 4.24. The molecule has 0 bridgehead atoms. The van der Waals surface area contributed by atoms with Gasteiger partial charge in [0, 0.05) is 31.1 Å². The molecule has 0 radical (unpaired) electrons. The summed E-state index contributed by atoms with van der Waals surface area (Å²) in [5.74, 6) is 0.725. The van der Waals surface area contributed by atoms with Gasteiger partial charge >= 0.3 is 5.97 Å². The Morgan fingerprint density at radius 3 is 2.59 bits per heavy atom. The van der Waals surface area contributed by atoms with Gasteiger partial charge in [0.05, 0.1) is 13.2 Å². The van der Waals surface area contributed by atoms with E-state index in [0.29, 0.717) is 23.6 Å². The molecule has 0 spiro atoms. The molecule has 7 heteroatoms. The maximum Gasteiger partial charge on any atom is 0.344 e. The third-order valence-corrected chi connectivity index (χ3v) is 5.11. The van der Waals surface area contributed by atoms with Crippen molar-refractivity contribution in [2.45, 2.75) is 50.9 Å². The summed E-state index contributed by atoms with van der Waals surface area (Å²) in [7, 11) is 3.31. The van der Waals surface area contributed by atoms with Crippen LogP contribution in [0, 0.1) is 0 Å². The first-order valence-electron chi connectivity index (χ1n) is 9.17. The van der Waals surface area contributed by atoms with Crippen LogP contribution in [0.15, 0.2) is 30.6 Å². The summed E-state index contributed by atoms with van der Waals surface area (Å²) in [6.45, 7) is 1.48. The molecule has 1 atom stereocenters. The van der Waals surface area contributed by atoms with Crippen LogP contribution < -0.4 is 9.47 Å². The fourth-order valence-corrected chi connectivity index (χ4v) is 3.54. The van der Waals surface area contributed by atoms with Crippen molar-refractivity contribution >= 4 is 5.97 Å². The molecule has 1 fully saturated rings. The molecular weight excluding hydrogens is 348 g/mol. The maximum absolute atomic E-state index is 11.0. The molecule has 1 aromatic heterocycles. The second-order valence-corrected chi connectivity index (χ2v) is 6.79. The average molecular weight is 374 g/mol. The van der Waals surface area contributed by atoms with Gasteiger partial charge < -0.3 is 23.9 Å². The average Bonchev–Trinajstić information content (AvgIpc) is 3.18. The zero-order valence-corrected chi connectivity index (χ0v) is 15.9. The number of carboxylic acids is 1. The lowest BCUT2D eigenvalue weighted by atomic mass is 9.92. The molecule has 3 rings (SSSR count). The van der Waals surface area contributed by atoms with E-state index in [1.165, 1.54) is 14.0 Å². The third-order valence-electron chi connectivity index (χ3n) is 5.11. The number of ether oxygens (including phenoxy) is 3. The number of nitrogens with zero attached hydrogens (tertiary/aromatic N) is 2. The molecular formula is C20H26N2O5. The van der Waals surface area contributed by atoms with E-state index < -0.39 is 12.1 Å². The quantitative estimate of drug-likeness (QED) is 0.798. The van der Waals surface area contributed by atoms with E-state index in [9.17, 15) is 4.79 Å². The van der Waals surface area contributed by atoms with E-state index in [1.54, 1.807) is 19.4 Å². The topological polar surface area (TPSA) is 82.8 Å². The van der Waals surface area contributed by atoms with Crippen LogP contribution in [-0.2, 0) is 9.53 Å². The number of hydrogen-bond acceptors (Lipinski definition) is 5. The van der Waals surface area contributed by atoms with Gasteiger partial charge in [-0.3, -0.25) is 0 Å². The number of carbonyl (C=O) groups is 1. The van der Waals surface area contributed by atoms with E-state index in [0.717, 1.165) is 37.1 Å². The Balaban J connectivity index is 1.83. The van der Waals surface area contributed by atoms with Crippen LogP contribution in [0.3, 0.4) is 0 Å². The molecule has 1 heterocycles. The Hall–Kier alpha value is -2.54. The summed E-state index contributed by atoms with van der Waals surface area (Å²) in [4.78, 5) is 15.6. The van der Waals surface area contributed by atoms with Crippen molar-refractivity contribution in [1.82, 2.24) is 9.55 Å². The number of imidazole rings is 1. The summed E-state index contributed by atoms with van der Waals surface area (Å²) in [5.41, 5.74) is 0.904. The molecule has 1 aromatic carbocycles. The highest BCUT2D eigenvalue weighted by Crippen LogP contribution is 2.36. The Morgan fingerprint density at radius 2 is 1.96 bits per heavy atom. The van der Waals surface area contributed by atoms with E-state index in [4.69, 9.17) is 19.3 Å². The van der Waals surface area contributed by atoms with Crippen LogP contribution in [0.2, 0.25) is 0 Å². The summed E-state index contributed by atoms with van der Waals surface area (Å²) < 4.78 is 18.6. The van der Waals surface area contributed by atoms with Crippen LogP contribution in [-0.4, -0.2) is 47.1 Å². The molecule has 2 aromatic rings. The number of hydrogen-bond donors (Lipinski definition) is 1. The van der Waals surface area contributed by atoms with Gasteiger partial charge in [-0.2, -0.15) is 0 Å². The van der Waals surface area contributed by atoms with Crippen LogP contribution in [0.4, 0.5) is 0 Å². The van der Waals surface area contributed by atoms with Gasteiger partial charge in [-0.15, -0.1) is 0 Å². The van der Waals surface area contributed by atoms with Gasteiger partial charge in [-0.25, -0.2) is 9.78 Å². The van der Waals surface area contributed by atoms with Gasteiger partial charge in [-0.05, 0) is 50.8 Å². The summed E-state index contributed by atoms with van der Waals surface area (Å²) in [6.07, 6.45) is 7.40. The molecule has 7 nitrogen and oxygen atoms in total. The number of benzene rings is 1. The molecule has 1 aliphatic carbocycles. The molecule has 1 unspecified atom stereocenters. The van der Waals surface area contributed by atoms with Crippen molar-refractivity contribution in [2.75, 3.05) is 14.2 Å². The first-order chi connectivity index (χ1) is 13.0. The molecule has 1 saturated carbocycles. The second-order valence-electron chi connectivity index (χ2n) is 6.79. The Morgan fingerprint density at radius 1 is 1.22 bits per heavy atom. The fraction of sp³-hybridized carbons (Fsp3) is 0.500. The number of aromatic nitrogens is 2. The number of carboxylic acid groups (broad SMARTS) is 1. The molecule has 0 saturated heterocycles. The summed E-state index contributed by atoms with van der Waals surface area (Å²) in [5, 5.41) is 9.04. The van der Waals surface area contributed by atoms with Crippen LogP contribution in [0.5, 0.6) is 11.5 Å². The standard InChI is InChI=1S/C20H26N2O5/c1-13(20(23)24)27-17-9-4-14(12-18(17)26-3)19-21-10-11-22(19)15-5-7-16(25-2)8-6-15/h4,9-13,15-16H,5-8H2,1-3H3,(H,23,24). The zero-order chi connectivity index (χ0) is 19.4. The number of rotatable bonds is 7. The summed E-state index contributed by atoms with van der Waals surface area (Å²) in [6, 6.07) is 5.84. The Labute approximate surface area is 158 Å². The van der Waals surface area contributed by atoms with E-state index in [2.05, 4.69) is 9.55 Å². The molecule has 1 N–H and O–H groups in total. The molecule has 0 amide bonds. The van der Waals surface area contributed by atoms with E-state index >= 15 is 0 Å².